The minimum absolute atomic E-state index is 0.0376. The number of benzene rings is 2. The molecule has 1 aliphatic heterocycles. The second kappa shape index (κ2) is 7.04. The highest BCUT2D eigenvalue weighted by molar-refractivity contribution is 8.18. The predicted octanol–water partition coefficient (Wildman–Crippen LogP) is 4.36. The van der Waals surface area contributed by atoms with Crippen LogP contribution in [-0.4, -0.2) is 34.6 Å². The number of fused-ring (bicyclic) bond motifs is 1. The summed E-state index contributed by atoms with van der Waals surface area (Å²) in [5.41, 5.74) is 2.95. The van der Waals surface area contributed by atoms with Gasteiger partial charge in [0.05, 0.1) is 4.91 Å². The van der Waals surface area contributed by atoms with Crippen LogP contribution in [0.5, 0.6) is 0 Å². The number of rotatable bonds is 3. The van der Waals surface area contributed by atoms with Gasteiger partial charge in [-0.3, -0.25) is 14.7 Å². The van der Waals surface area contributed by atoms with Gasteiger partial charge in [-0.1, -0.05) is 18.2 Å². The van der Waals surface area contributed by atoms with Crippen LogP contribution in [-0.2, 0) is 11.3 Å². The summed E-state index contributed by atoms with van der Waals surface area (Å²) in [5, 5.41) is 1.78. The lowest BCUT2D eigenvalue weighted by Crippen LogP contribution is -2.23. The van der Waals surface area contributed by atoms with Crippen molar-refractivity contribution in [2.24, 2.45) is 4.99 Å². The summed E-state index contributed by atoms with van der Waals surface area (Å²) in [4.78, 5) is 18.6. The fraction of sp³-hybridized carbons (Fsp3) is 0.143. The van der Waals surface area contributed by atoms with Crippen LogP contribution in [0.4, 0.5) is 4.39 Å². The highest BCUT2D eigenvalue weighted by Gasteiger charge is 2.29. The first kappa shape index (κ1) is 17.5. The van der Waals surface area contributed by atoms with Gasteiger partial charge >= 0.3 is 0 Å². The number of hydrogen-bond donors (Lipinski definition) is 0. The molecule has 3 aromatic rings. The molecule has 2 heterocycles. The van der Waals surface area contributed by atoms with Crippen LogP contribution in [0, 0.1) is 5.82 Å². The Morgan fingerprint density at radius 1 is 1.19 bits per heavy atom. The van der Waals surface area contributed by atoms with E-state index < -0.39 is 0 Å². The highest BCUT2D eigenvalue weighted by atomic mass is 32.2. The molecule has 4 nitrogen and oxygen atoms in total. The number of aliphatic imine (C=N–C) groups is 1. The zero-order valence-electron chi connectivity index (χ0n) is 15.0. The van der Waals surface area contributed by atoms with Crippen LogP contribution in [0.15, 0.2) is 64.6 Å². The van der Waals surface area contributed by atoms with Gasteiger partial charge in [0.15, 0.2) is 5.17 Å². The van der Waals surface area contributed by atoms with Crippen molar-refractivity contribution in [3.63, 3.8) is 0 Å². The molecule has 0 bridgehead atoms. The van der Waals surface area contributed by atoms with Crippen LogP contribution >= 0.6 is 11.8 Å². The first-order valence-corrected chi connectivity index (χ1v) is 9.34. The number of carbonyl (C=O) groups excluding carboxylic acids is 1. The van der Waals surface area contributed by atoms with Crippen molar-refractivity contribution in [2.75, 3.05) is 14.1 Å². The number of nitrogens with zero attached hydrogens (tertiary/aromatic N) is 3. The van der Waals surface area contributed by atoms with Gasteiger partial charge in [0.2, 0.25) is 0 Å². The molecule has 1 aromatic heterocycles. The molecule has 0 radical (unpaired) electrons. The Kier molecular flexibility index (Phi) is 4.58. The smallest absolute Gasteiger partial charge is 0.266 e. The van der Waals surface area contributed by atoms with Gasteiger partial charge in [0.25, 0.3) is 5.91 Å². The van der Waals surface area contributed by atoms with Crippen LogP contribution in [0.1, 0.15) is 11.1 Å². The average molecular weight is 379 g/mol. The Labute approximate surface area is 161 Å². The third-order valence-corrected chi connectivity index (χ3v) is 5.68. The third kappa shape index (κ3) is 3.40. The van der Waals surface area contributed by atoms with E-state index in [0.717, 1.165) is 22.0 Å². The number of amidine groups is 1. The molecule has 0 spiro atoms. The summed E-state index contributed by atoms with van der Waals surface area (Å²) in [7, 11) is 3.41. The Morgan fingerprint density at radius 3 is 2.78 bits per heavy atom. The largest absolute Gasteiger partial charge is 0.343 e. The minimum Gasteiger partial charge on any atom is -0.343 e. The van der Waals surface area contributed by atoms with E-state index in [1.165, 1.54) is 17.8 Å². The predicted molar refractivity (Wildman–Crippen MR) is 109 cm³/mol. The van der Waals surface area contributed by atoms with Crippen molar-refractivity contribution in [3.8, 4) is 0 Å². The molecular weight excluding hydrogens is 361 g/mol. The molecule has 27 heavy (non-hydrogen) atoms. The van der Waals surface area contributed by atoms with E-state index in [2.05, 4.69) is 15.6 Å². The molecule has 1 amide bonds. The van der Waals surface area contributed by atoms with Gasteiger partial charge in [-0.2, -0.15) is 0 Å². The molecule has 136 valence electrons. The molecule has 1 aliphatic rings. The van der Waals surface area contributed by atoms with E-state index >= 15 is 0 Å². The lowest BCUT2D eigenvalue weighted by Gasteiger charge is -2.06. The summed E-state index contributed by atoms with van der Waals surface area (Å²) < 4.78 is 15.5. The van der Waals surface area contributed by atoms with Crippen molar-refractivity contribution < 1.29 is 9.18 Å². The van der Waals surface area contributed by atoms with Crippen molar-refractivity contribution in [3.05, 3.63) is 76.6 Å². The normalized spacial score (nSPS) is 17.6. The molecule has 1 saturated heterocycles. The first-order chi connectivity index (χ1) is 13.0. The maximum absolute atomic E-state index is 13.4. The third-order valence-electron chi connectivity index (χ3n) is 4.53. The lowest BCUT2D eigenvalue weighted by molar-refractivity contribution is -0.121. The lowest BCUT2D eigenvalue weighted by atomic mass is 10.1. The molecule has 1 fully saturated rings. The number of hydrogen-bond acceptors (Lipinski definition) is 3. The second-order valence-corrected chi connectivity index (χ2v) is 7.38. The van der Waals surface area contributed by atoms with Crippen molar-refractivity contribution in [1.82, 2.24) is 9.47 Å². The van der Waals surface area contributed by atoms with Gasteiger partial charge in [-0.25, -0.2) is 4.39 Å². The van der Waals surface area contributed by atoms with Gasteiger partial charge in [0, 0.05) is 37.7 Å². The molecule has 0 atom stereocenters. The molecule has 6 heteroatoms. The van der Waals surface area contributed by atoms with Crippen LogP contribution in [0.2, 0.25) is 0 Å². The van der Waals surface area contributed by atoms with Crippen LogP contribution < -0.4 is 0 Å². The van der Waals surface area contributed by atoms with Crippen molar-refractivity contribution >= 4 is 39.8 Å². The van der Waals surface area contributed by atoms with Gasteiger partial charge in [-0.05, 0) is 59.3 Å². The quantitative estimate of drug-likeness (QED) is 0.634. The summed E-state index contributed by atoms with van der Waals surface area (Å²) in [6.07, 6.45) is 3.89. The van der Waals surface area contributed by atoms with E-state index in [0.29, 0.717) is 16.6 Å². The zero-order chi connectivity index (χ0) is 19.0. The summed E-state index contributed by atoms with van der Waals surface area (Å²) in [6.45, 7) is 0.608. The van der Waals surface area contributed by atoms with Gasteiger partial charge in [0.1, 0.15) is 5.82 Å². The fourth-order valence-electron chi connectivity index (χ4n) is 3.18. The number of halogens is 1. The molecule has 4 rings (SSSR count). The second-order valence-electron chi connectivity index (χ2n) is 6.37. The number of carbonyl (C=O) groups is 1. The van der Waals surface area contributed by atoms with E-state index in [-0.39, 0.29) is 11.7 Å². The highest BCUT2D eigenvalue weighted by Crippen LogP contribution is 2.31. The monoisotopic (exact) mass is 379 g/mol. The van der Waals surface area contributed by atoms with E-state index in [9.17, 15) is 9.18 Å². The average Bonchev–Trinajstić information content (AvgIpc) is 3.17. The Morgan fingerprint density at radius 2 is 2.04 bits per heavy atom. The fourth-order valence-corrected chi connectivity index (χ4v) is 4.11. The van der Waals surface area contributed by atoms with Gasteiger partial charge < -0.3 is 4.57 Å². The molecule has 0 unspecified atom stereocenters. The van der Waals surface area contributed by atoms with Crippen LogP contribution in [0.3, 0.4) is 0 Å². The van der Waals surface area contributed by atoms with E-state index in [4.69, 9.17) is 0 Å². The molecule has 0 saturated carbocycles. The maximum Gasteiger partial charge on any atom is 0.266 e. The standard InChI is InChI=1S/C21H18FN3OS/c1-23-21-24(2)20(26)19(27-21)12-14-6-7-18-16(10-14)8-9-25(18)13-15-4-3-5-17(22)11-15/h3-12H,13H2,1-2H3/b19-12+,23-21?. The molecule has 0 N–H and O–H groups in total. The van der Waals surface area contributed by atoms with Crippen molar-refractivity contribution in [1.29, 1.82) is 0 Å². The summed E-state index contributed by atoms with van der Waals surface area (Å²) in [5.74, 6) is -0.263. The van der Waals surface area contributed by atoms with Crippen molar-refractivity contribution in [2.45, 2.75) is 6.54 Å². The Bertz CT molecular complexity index is 1100. The zero-order valence-corrected chi connectivity index (χ0v) is 15.8. The Balaban J connectivity index is 1.63. The first-order valence-electron chi connectivity index (χ1n) is 8.53. The topological polar surface area (TPSA) is 37.6 Å². The number of likely N-dealkylation sites (N-methyl/N-ethyl adjacent to an activating group) is 1. The number of aromatic nitrogens is 1. The van der Waals surface area contributed by atoms with E-state index in [1.807, 2.05) is 36.5 Å². The van der Waals surface area contributed by atoms with Gasteiger partial charge in [-0.15, -0.1) is 0 Å². The maximum atomic E-state index is 13.4. The number of amides is 1. The molecule has 2 aromatic carbocycles. The molecule has 0 aliphatic carbocycles. The Hall–Kier alpha value is -2.86. The minimum atomic E-state index is -0.225. The van der Waals surface area contributed by atoms with E-state index in [1.54, 1.807) is 31.1 Å². The SMILES string of the molecule is CN=C1S/C(=C/c2ccc3c(ccn3Cc3cccc(F)c3)c2)C(=O)N1C. The van der Waals surface area contributed by atoms with Crippen LogP contribution in [0.25, 0.3) is 17.0 Å². The summed E-state index contributed by atoms with van der Waals surface area (Å²) >= 11 is 1.38. The molecular formula is C21H18FN3OS. The summed E-state index contributed by atoms with van der Waals surface area (Å²) in [6, 6.07) is 14.8. The number of thioether (sulfide) groups is 1.